The molecule has 0 atom stereocenters. The van der Waals surface area contributed by atoms with Gasteiger partial charge in [0.1, 0.15) is 21.1 Å². The van der Waals surface area contributed by atoms with Crippen molar-refractivity contribution in [3.05, 3.63) is 117 Å². The predicted molar refractivity (Wildman–Crippen MR) is 147 cm³/mol. The van der Waals surface area contributed by atoms with Crippen molar-refractivity contribution in [2.45, 2.75) is 24.1 Å². The lowest BCUT2D eigenvalue weighted by atomic mass is 9.99. The number of carbonyl (C=O) groups is 1. The summed E-state index contributed by atoms with van der Waals surface area (Å²) in [4.78, 5) is 30.4. The lowest BCUT2D eigenvalue weighted by Gasteiger charge is -2.14. The summed E-state index contributed by atoms with van der Waals surface area (Å²) in [6.07, 6.45) is 1.53. The van der Waals surface area contributed by atoms with E-state index in [1.165, 1.54) is 37.4 Å². The number of nitriles is 1. The minimum absolute atomic E-state index is 0.00138. The molecule has 0 saturated heterocycles. The molecule has 0 aliphatic carbocycles. The van der Waals surface area contributed by atoms with Crippen molar-refractivity contribution in [2.24, 2.45) is 0 Å². The van der Waals surface area contributed by atoms with Gasteiger partial charge < -0.3 is 4.57 Å². The minimum Gasteiger partial charge on any atom is -0.333 e. The number of fused-ring (bicyclic) bond motifs is 1. The molecule has 0 radical (unpaired) electrons. The van der Waals surface area contributed by atoms with Gasteiger partial charge in [-0.15, -0.1) is 0 Å². The highest BCUT2D eigenvalue weighted by atomic mass is 32.2. The fraction of sp³-hybridized carbons (Fsp3) is 0.103. The SMILES string of the molecule is CC(=O)c1cn(Cc2ccccc2-c2ccccc2)c2sc(CS(=O)(=O)c3ccc(C#N)cc3)nc2c1=O. The third kappa shape index (κ3) is 4.92. The molecule has 3 aromatic carbocycles. The summed E-state index contributed by atoms with van der Waals surface area (Å²) in [5, 5.41) is 9.23. The molecule has 0 spiro atoms. The molecule has 2 aromatic heterocycles. The van der Waals surface area contributed by atoms with Crippen LogP contribution in [0.1, 0.15) is 33.4 Å². The average Bonchev–Trinajstić information content (AvgIpc) is 3.34. The van der Waals surface area contributed by atoms with Gasteiger partial charge in [0, 0.05) is 12.7 Å². The largest absolute Gasteiger partial charge is 0.333 e. The zero-order chi connectivity index (χ0) is 26.9. The normalized spacial score (nSPS) is 11.4. The fourth-order valence-electron chi connectivity index (χ4n) is 4.25. The first-order valence-corrected chi connectivity index (χ1v) is 14.1. The molecule has 0 fully saturated rings. The van der Waals surface area contributed by atoms with Gasteiger partial charge >= 0.3 is 0 Å². The Morgan fingerprint density at radius 1 is 1.00 bits per heavy atom. The van der Waals surface area contributed by atoms with Crippen LogP contribution in [-0.4, -0.2) is 23.8 Å². The summed E-state index contributed by atoms with van der Waals surface area (Å²) in [5.41, 5.74) is 2.93. The number of benzene rings is 3. The topological polar surface area (TPSA) is 110 Å². The molecule has 0 aliphatic heterocycles. The number of nitrogens with zero attached hydrogens (tertiary/aromatic N) is 3. The second kappa shape index (κ2) is 10.2. The monoisotopic (exact) mass is 539 g/mol. The van der Waals surface area contributed by atoms with Crippen LogP contribution in [-0.2, 0) is 22.1 Å². The highest BCUT2D eigenvalue weighted by molar-refractivity contribution is 7.90. The van der Waals surface area contributed by atoms with Gasteiger partial charge in [-0.2, -0.15) is 5.26 Å². The van der Waals surface area contributed by atoms with Crippen molar-refractivity contribution < 1.29 is 13.2 Å². The number of carbonyl (C=O) groups excluding carboxylic acids is 1. The van der Waals surface area contributed by atoms with Gasteiger partial charge in [0.15, 0.2) is 15.6 Å². The van der Waals surface area contributed by atoms with Crippen LogP contribution in [0.25, 0.3) is 21.5 Å². The average molecular weight is 540 g/mol. The van der Waals surface area contributed by atoms with E-state index in [2.05, 4.69) is 4.98 Å². The summed E-state index contributed by atoms with van der Waals surface area (Å²) >= 11 is 1.12. The Balaban J connectivity index is 1.60. The number of thiazole rings is 1. The van der Waals surface area contributed by atoms with Gasteiger partial charge in [-0.3, -0.25) is 9.59 Å². The number of sulfone groups is 1. The Labute approximate surface area is 223 Å². The summed E-state index contributed by atoms with van der Waals surface area (Å²) in [5.74, 6) is -0.796. The van der Waals surface area contributed by atoms with Crippen LogP contribution < -0.4 is 5.43 Å². The first-order valence-electron chi connectivity index (χ1n) is 11.7. The molecular weight excluding hydrogens is 518 g/mol. The molecule has 0 N–H and O–H groups in total. The lowest BCUT2D eigenvalue weighted by molar-refractivity contribution is 0.101. The molecule has 2 heterocycles. The highest BCUT2D eigenvalue weighted by Gasteiger charge is 2.22. The van der Waals surface area contributed by atoms with Crippen molar-refractivity contribution in [1.29, 1.82) is 5.26 Å². The van der Waals surface area contributed by atoms with Gasteiger partial charge in [0.2, 0.25) is 5.43 Å². The van der Waals surface area contributed by atoms with Crippen LogP contribution in [0, 0.1) is 11.3 Å². The van der Waals surface area contributed by atoms with Crippen molar-refractivity contribution in [2.75, 3.05) is 0 Å². The van der Waals surface area contributed by atoms with Crippen LogP contribution >= 0.6 is 11.3 Å². The van der Waals surface area contributed by atoms with Crippen LogP contribution in [0.5, 0.6) is 0 Å². The van der Waals surface area contributed by atoms with E-state index in [4.69, 9.17) is 5.26 Å². The zero-order valence-corrected chi connectivity index (χ0v) is 21.9. The highest BCUT2D eigenvalue weighted by Crippen LogP contribution is 2.28. The third-order valence-electron chi connectivity index (χ3n) is 6.14. The molecular formula is C29H21N3O4S2. The van der Waals surface area contributed by atoms with Gasteiger partial charge in [-0.05, 0) is 47.9 Å². The minimum atomic E-state index is -3.78. The molecule has 7 nitrogen and oxygen atoms in total. The number of pyridine rings is 1. The van der Waals surface area contributed by atoms with Crippen molar-refractivity contribution >= 4 is 37.3 Å². The van der Waals surface area contributed by atoms with Crippen molar-refractivity contribution in [1.82, 2.24) is 9.55 Å². The van der Waals surface area contributed by atoms with Crippen molar-refractivity contribution in [3.63, 3.8) is 0 Å². The molecule has 188 valence electrons. The maximum atomic E-state index is 13.1. The first kappa shape index (κ1) is 25.3. The van der Waals surface area contributed by atoms with E-state index in [1.54, 1.807) is 4.57 Å². The standard InChI is InChI=1S/C29H21N3O4S2/c1-19(33)25-17-32(16-22-9-5-6-10-24(22)21-7-3-2-4-8-21)29-27(28(25)34)31-26(37-29)18-38(35,36)23-13-11-20(15-30)12-14-23/h2-14,17H,16,18H2,1H3. The molecule has 5 rings (SSSR count). The van der Waals surface area contributed by atoms with E-state index >= 15 is 0 Å². The molecule has 9 heteroatoms. The first-order chi connectivity index (χ1) is 18.3. The third-order valence-corrected chi connectivity index (χ3v) is 9.06. The summed E-state index contributed by atoms with van der Waals surface area (Å²) in [6.45, 7) is 1.68. The number of rotatable bonds is 7. The van der Waals surface area contributed by atoms with Crippen LogP contribution in [0.3, 0.4) is 0 Å². The van der Waals surface area contributed by atoms with E-state index in [0.717, 1.165) is 28.0 Å². The number of hydrogen-bond donors (Lipinski definition) is 0. The van der Waals surface area contributed by atoms with Crippen LogP contribution in [0.4, 0.5) is 0 Å². The molecule has 38 heavy (non-hydrogen) atoms. The summed E-state index contributed by atoms with van der Waals surface area (Å²) in [6, 6.07) is 25.4. The van der Waals surface area contributed by atoms with Crippen LogP contribution in [0.15, 0.2) is 94.7 Å². The van der Waals surface area contributed by atoms with Gasteiger partial charge in [0.05, 0.1) is 22.1 Å². The van der Waals surface area contributed by atoms with E-state index in [-0.39, 0.29) is 26.8 Å². The number of Topliss-reactive ketones (excluding diaryl/α,β-unsaturated/α-hetero) is 1. The van der Waals surface area contributed by atoms with Gasteiger partial charge in [-0.25, -0.2) is 13.4 Å². The van der Waals surface area contributed by atoms with E-state index in [9.17, 15) is 18.0 Å². The van der Waals surface area contributed by atoms with E-state index in [1.807, 2.05) is 60.7 Å². The van der Waals surface area contributed by atoms with Crippen LogP contribution in [0.2, 0.25) is 0 Å². The molecule has 0 saturated carbocycles. The smallest absolute Gasteiger partial charge is 0.219 e. The number of hydrogen-bond acceptors (Lipinski definition) is 7. The second-order valence-electron chi connectivity index (χ2n) is 8.74. The van der Waals surface area contributed by atoms with Crippen molar-refractivity contribution in [3.8, 4) is 17.2 Å². The van der Waals surface area contributed by atoms with E-state index < -0.39 is 21.0 Å². The maximum Gasteiger partial charge on any atom is 0.219 e. The number of aromatic nitrogens is 2. The molecule has 0 bridgehead atoms. The second-order valence-corrected chi connectivity index (χ2v) is 11.8. The maximum absolute atomic E-state index is 13.1. The Morgan fingerprint density at radius 3 is 2.37 bits per heavy atom. The molecule has 5 aromatic rings. The Morgan fingerprint density at radius 2 is 1.68 bits per heavy atom. The van der Waals surface area contributed by atoms with Gasteiger partial charge in [-0.1, -0.05) is 65.9 Å². The quantitative estimate of drug-likeness (QED) is 0.262. The van der Waals surface area contributed by atoms with E-state index in [0.29, 0.717) is 16.9 Å². The summed E-state index contributed by atoms with van der Waals surface area (Å²) < 4.78 is 27.9. The number of ketones is 1. The molecule has 0 unspecified atom stereocenters. The Bertz CT molecular complexity index is 1880. The predicted octanol–water partition coefficient (Wildman–Crippen LogP) is 5.22. The van der Waals surface area contributed by atoms with Gasteiger partial charge in [0.25, 0.3) is 0 Å². The Hall–Kier alpha value is -4.39. The Kier molecular flexibility index (Phi) is 6.76. The zero-order valence-electron chi connectivity index (χ0n) is 20.3. The lowest BCUT2D eigenvalue weighted by Crippen LogP contribution is -2.18. The molecule has 0 amide bonds. The molecule has 0 aliphatic rings. The fourth-order valence-corrected chi connectivity index (χ4v) is 6.89. The summed E-state index contributed by atoms with van der Waals surface area (Å²) in [7, 11) is -3.78.